The Kier molecular flexibility index (Phi) is 2.98. The van der Waals surface area contributed by atoms with Gasteiger partial charge in [0.25, 0.3) is 5.91 Å². The van der Waals surface area contributed by atoms with Crippen LogP contribution in [0.3, 0.4) is 0 Å². The van der Waals surface area contributed by atoms with Crippen molar-refractivity contribution in [3.8, 4) is 0 Å². The van der Waals surface area contributed by atoms with E-state index in [9.17, 15) is 14.0 Å². The van der Waals surface area contributed by atoms with Crippen LogP contribution in [0.15, 0.2) is 42.6 Å². The molecule has 1 unspecified atom stereocenters. The SMILES string of the molecule is O=C1c2cc3cc[nH]c3n2CC2(c3ccc(F)cc3)N1CCN2C(=O)C1CC1. The molecule has 6 rings (SSSR count). The number of benzene rings is 1. The second-order valence-corrected chi connectivity index (χ2v) is 7.94. The van der Waals surface area contributed by atoms with Crippen LogP contribution in [0.5, 0.6) is 0 Å². The Hall–Kier alpha value is -3.09. The molecule has 0 radical (unpaired) electrons. The fourth-order valence-electron chi connectivity index (χ4n) is 4.89. The van der Waals surface area contributed by atoms with E-state index >= 15 is 0 Å². The zero-order valence-electron chi connectivity index (χ0n) is 15.2. The Morgan fingerprint density at radius 3 is 2.68 bits per heavy atom. The first-order valence-electron chi connectivity index (χ1n) is 9.66. The van der Waals surface area contributed by atoms with E-state index in [1.54, 1.807) is 17.0 Å². The molecule has 6 nitrogen and oxygen atoms in total. The van der Waals surface area contributed by atoms with Gasteiger partial charge in [0.1, 0.15) is 17.2 Å². The second-order valence-electron chi connectivity index (χ2n) is 7.94. The fourth-order valence-corrected chi connectivity index (χ4v) is 4.89. The van der Waals surface area contributed by atoms with Gasteiger partial charge < -0.3 is 19.4 Å². The smallest absolute Gasteiger partial charge is 0.272 e. The van der Waals surface area contributed by atoms with Crippen LogP contribution < -0.4 is 0 Å². The van der Waals surface area contributed by atoms with Crippen LogP contribution in [-0.4, -0.2) is 44.3 Å². The number of hydrogen-bond donors (Lipinski definition) is 1. The molecule has 0 bridgehead atoms. The number of rotatable bonds is 2. The number of aromatic nitrogens is 2. The van der Waals surface area contributed by atoms with E-state index in [0.717, 1.165) is 29.4 Å². The summed E-state index contributed by atoms with van der Waals surface area (Å²) < 4.78 is 15.6. The van der Waals surface area contributed by atoms with Gasteiger partial charge in [0.05, 0.1) is 6.54 Å². The summed E-state index contributed by atoms with van der Waals surface area (Å²) in [5.74, 6) is -0.284. The zero-order chi connectivity index (χ0) is 19.0. The third kappa shape index (κ3) is 1.91. The predicted octanol–water partition coefficient (Wildman–Crippen LogP) is 2.67. The molecule has 1 N–H and O–H groups in total. The summed E-state index contributed by atoms with van der Waals surface area (Å²) in [7, 11) is 0. The average molecular weight is 378 g/mol. The summed E-state index contributed by atoms with van der Waals surface area (Å²) >= 11 is 0. The first-order chi connectivity index (χ1) is 13.6. The third-order valence-electron chi connectivity index (χ3n) is 6.39. The van der Waals surface area contributed by atoms with Gasteiger partial charge in [-0.3, -0.25) is 9.59 Å². The van der Waals surface area contributed by atoms with E-state index in [1.807, 2.05) is 27.8 Å². The van der Waals surface area contributed by atoms with E-state index in [1.165, 1.54) is 12.1 Å². The monoisotopic (exact) mass is 378 g/mol. The fraction of sp³-hybridized carbons (Fsp3) is 0.333. The van der Waals surface area contributed by atoms with Gasteiger partial charge in [-0.25, -0.2) is 4.39 Å². The van der Waals surface area contributed by atoms with Gasteiger partial charge in [-0.15, -0.1) is 0 Å². The third-order valence-corrected chi connectivity index (χ3v) is 6.39. The van der Waals surface area contributed by atoms with Gasteiger partial charge in [0.15, 0.2) is 5.66 Å². The minimum Gasteiger partial charge on any atom is -0.348 e. The summed E-state index contributed by atoms with van der Waals surface area (Å²) in [6.45, 7) is 1.41. The van der Waals surface area contributed by atoms with Crippen LogP contribution in [0.2, 0.25) is 0 Å². The summed E-state index contributed by atoms with van der Waals surface area (Å²) in [4.78, 5) is 33.5. The van der Waals surface area contributed by atoms with Crippen molar-refractivity contribution in [3.63, 3.8) is 0 Å². The number of carbonyl (C=O) groups is 2. The quantitative estimate of drug-likeness (QED) is 0.745. The highest BCUT2D eigenvalue weighted by Crippen LogP contribution is 2.46. The molecule has 7 heteroatoms. The summed E-state index contributed by atoms with van der Waals surface area (Å²) in [5.41, 5.74) is 1.34. The number of fused-ring (bicyclic) bond motifs is 4. The number of H-pyrrole nitrogens is 1. The molecule has 1 aromatic carbocycles. The van der Waals surface area contributed by atoms with E-state index in [4.69, 9.17) is 0 Å². The van der Waals surface area contributed by atoms with E-state index < -0.39 is 5.66 Å². The molecule has 1 saturated carbocycles. The van der Waals surface area contributed by atoms with Gasteiger partial charge in [-0.1, -0.05) is 12.1 Å². The zero-order valence-corrected chi connectivity index (χ0v) is 15.2. The van der Waals surface area contributed by atoms with E-state index in [-0.39, 0.29) is 23.5 Å². The van der Waals surface area contributed by atoms with Gasteiger partial charge in [-0.2, -0.15) is 0 Å². The highest BCUT2D eigenvalue weighted by Gasteiger charge is 2.57. The molecule has 28 heavy (non-hydrogen) atoms. The van der Waals surface area contributed by atoms with Gasteiger partial charge in [-0.05, 0) is 37.1 Å². The lowest BCUT2D eigenvalue weighted by Gasteiger charge is -2.47. The maximum atomic E-state index is 13.7. The number of nitrogens with one attached hydrogen (secondary N) is 1. The number of halogens is 1. The minimum absolute atomic E-state index is 0.0453. The number of carbonyl (C=O) groups excluding carboxylic acids is 2. The molecule has 2 aliphatic heterocycles. The summed E-state index contributed by atoms with van der Waals surface area (Å²) in [6.07, 6.45) is 3.65. The predicted molar refractivity (Wildman–Crippen MR) is 99.8 cm³/mol. The molecular weight excluding hydrogens is 359 g/mol. The van der Waals surface area contributed by atoms with Crippen LogP contribution in [0.4, 0.5) is 4.39 Å². The molecule has 2 amide bonds. The highest BCUT2D eigenvalue weighted by atomic mass is 19.1. The molecular formula is C21H19FN4O2. The molecule has 2 fully saturated rings. The van der Waals surface area contributed by atoms with Crippen LogP contribution >= 0.6 is 0 Å². The number of nitrogens with zero attached hydrogens (tertiary/aromatic N) is 3. The molecule has 3 aromatic rings. The molecule has 0 spiro atoms. The molecule has 4 heterocycles. The molecule has 2 aromatic heterocycles. The Balaban J connectivity index is 1.59. The van der Waals surface area contributed by atoms with Gasteiger partial charge in [0, 0.05) is 36.2 Å². The summed E-state index contributed by atoms with van der Waals surface area (Å²) in [6, 6.07) is 10.0. The van der Waals surface area contributed by atoms with E-state index in [2.05, 4.69) is 4.98 Å². The minimum atomic E-state index is -0.922. The topological polar surface area (TPSA) is 61.3 Å². The van der Waals surface area contributed by atoms with Crippen molar-refractivity contribution in [3.05, 3.63) is 59.7 Å². The Morgan fingerprint density at radius 2 is 1.93 bits per heavy atom. The van der Waals surface area contributed by atoms with E-state index in [0.29, 0.717) is 25.3 Å². The number of aromatic amines is 1. The van der Waals surface area contributed by atoms with Crippen LogP contribution in [0, 0.1) is 11.7 Å². The molecule has 1 saturated heterocycles. The highest BCUT2D eigenvalue weighted by molar-refractivity contribution is 6.00. The molecule has 1 aliphatic carbocycles. The lowest BCUT2D eigenvalue weighted by atomic mass is 9.93. The van der Waals surface area contributed by atoms with Crippen LogP contribution in [-0.2, 0) is 17.0 Å². The van der Waals surface area contributed by atoms with Crippen molar-refractivity contribution in [1.82, 2.24) is 19.4 Å². The van der Waals surface area contributed by atoms with Crippen LogP contribution in [0.1, 0.15) is 28.9 Å². The normalized spacial score (nSPS) is 24.0. The maximum absolute atomic E-state index is 13.7. The Bertz CT molecular complexity index is 1130. The van der Waals surface area contributed by atoms with Crippen molar-refractivity contribution in [1.29, 1.82) is 0 Å². The first-order valence-corrected chi connectivity index (χ1v) is 9.66. The van der Waals surface area contributed by atoms with Gasteiger partial charge >= 0.3 is 0 Å². The maximum Gasteiger partial charge on any atom is 0.272 e. The van der Waals surface area contributed by atoms with Crippen molar-refractivity contribution in [2.24, 2.45) is 5.92 Å². The Morgan fingerprint density at radius 1 is 1.14 bits per heavy atom. The Labute approximate surface area is 160 Å². The van der Waals surface area contributed by atoms with Crippen molar-refractivity contribution >= 4 is 22.8 Å². The van der Waals surface area contributed by atoms with Crippen LogP contribution in [0.25, 0.3) is 11.0 Å². The van der Waals surface area contributed by atoms with Crippen molar-refractivity contribution < 1.29 is 14.0 Å². The largest absolute Gasteiger partial charge is 0.348 e. The summed E-state index contributed by atoms with van der Waals surface area (Å²) in [5, 5.41) is 0.971. The average Bonchev–Trinajstić information content (AvgIpc) is 3.17. The number of amides is 2. The first kappa shape index (κ1) is 15.9. The number of hydrogen-bond acceptors (Lipinski definition) is 2. The second kappa shape index (κ2) is 5.25. The standard InChI is InChI=1S/C21H19FN4O2/c22-16-5-3-15(4-6-16)21-12-24-17(11-14-7-8-23-18(14)24)20(28)26(21)10-9-25(21)19(27)13-1-2-13/h3-8,11,13,23H,1-2,9-10,12H2. The van der Waals surface area contributed by atoms with Crippen molar-refractivity contribution in [2.75, 3.05) is 13.1 Å². The molecule has 1 atom stereocenters. The lowest BCUT2D eigenvalue weighted by Crippen LogP contribution is -2.60. The molecule has 142 valence electrons. The van der Waals surface area contributed by atoms with Crippen molar-refractivity contribution in [2.45, 2.75) is 25.0 Å². The molecule has 3 aliphatic rings. The lowest BCUT2D eigenvalue weighted by molar-refractivity contribution is -0.142. The van der Waals surface area contributed by atoms with Gasteiger partial charge in [0.2, 0.25) is 5.91 Å².